The van der Waals surface area contributed by atoms with Crippen LogP contribution in [-0.2, 0) is 9.59 Å². The van der Waals surface area contributed by atoms with E-state index in [9.17, 15) is 18.4 Å². The van der Waals surface area contributed by atoms with Crippen LogP contribution in [0.15, 0.2) is 12.1 Å². The fraction of sp³-hybridized carbons (Fsp3) is 0.400. The Balaban J connectivity index is 0.00000261. The summed E-state index contributed by atoms with van der Waals surface area (Å²) in [5.74, 6) is -1.19. The highest BCUT2D eigenvalue weighted by molar-refractivity contribution is 7.22. The Morgan fingerprint density at radius 3 is 2.56 bits per heavy atom. The van der Waals surface area contributed by atoms with Crippen molar-refractivity contribution in [1.82, 2.24) is 10.3 Å². The normalized spacial score (nSPS) is 15.3. The number of carbonyl (C=O) groups is 2. The molecule has 0 fully saturated rings. The second-order valence-corrected chi connectivity index (χ2v) is 7.02. The molecule has 148 valence electrons. The molecule has 2 heterocycles. The third-order valence-corrected chi connectivity index (χ3v) is 4.54. The Hall–Kier alpha value is -2.24. The topological polar surface area (TPSA) is 116 Å². The molecule has 27 heavy (non-hydrogen) atoms. The molecule has 0 aliphatic carbocycles. The maximum absolute atomic E-state index is 13.0. The smallest absolute Gasteiger partial charge is 0.395 e. The predicted octanol–water partition coefficient (Wildman–Crippen LogP) is 2.08. The second kappa shape index (κ2) is 7.79. The lowest BCUT2D eigenvalue weighted by Gasteiger charge is -2.14. The average molecular weight is 423 g/mol. The lowest BCUT2D eigenvalue weighted by Crippen LogP contribution is -2.46. The van der Waals surface area contributed by atoms with Gasteiger partial charge in [0.15, 0.2) is 16.6 Å². The lowest BCUT2D eigenvalue weighted by atomic mass is 10.1. The fourth-order valence-electron chi connectivity index (χ4n) is 2.18. The number of thiazole rings is 1. The summed E-state index contributed by atoms with van der Waals surface area (Å²) in [6.07, 6.45) is -3.70. The zero-order valence-electron chi connectivity index (χ0n) is 14.2. The molecule has 1 aromatic heterocycles. The highest BCUT2D eigenvalue weighted by Gasteiger charge is 2.43. The number of nitrogens with two attached hydrogens (primary N) is 1. The summed E-state index contributed by atoms with van der Waals surface area (Å²) in [6, 6.07) is 1.97. The number of alkyl halides is 2. The van der Waals surface area contributed by atoms with E-state index in [4.69, 9.17) is 5.73 Å². The summed E-state index contributed by atoms with van der Waals surface area (Å²) >= 11 is 1.08. The van der Waals surface area contributed by atoms with Crippen molar-refractivity contribution < 1.29 is 27.8 Å². The molecule has 1 atom stereocenters. The third-order valence-electron chi connectivity index (χ3n) is 3.60. The van der Waals surface area contributed by atoms with Crippen LogP contribution in [0, 0.1) is 5.92 Å². The Bertz CT molecular complexity index is 832. The Labute approximate surface area is 162 Å². The first-order valence-corrected chi connectivity index (χ1v) is 8.50. The summed E-state index contributed by atoms with van der Waals surface area (Å²) in [6.45, 7) is 3.34. The number of anilines is 1. The van der Waals surface area contributed by atoms with E-state index in [0.717, 1.165) is 11.3 Å². The molecule has 8 nitrogen and oxygen atoms in total. The van der Waals surface area contributed by atoms with E-state index in [1.165, 1.54) is 12.1 Å². The van der Waals surface area contributed by atoms with E-state index in [-0.39, 0.29) is 41.5 Å². The molecule has 1 aliphatic heterocycles. The van der Waals surface area contributed by atoms with Crippen LogP contribution in [0.5, 0.6) is 11.5 Å². The number of aromatic nitrogens is 1. The van der Waals surface area contributed by atoms with E-state index in [2.05, 4.69) is 25.1 Å². The third kappa shape index (κ3) is 4.73. The van der Waals surface area contributed by atoms with Crippen LogP contribution >= 0.6 is 23.7 Å². The van der Waals surface area contributed by atoms with Crippen LogP contribution < -0.4 is 25.8 Å². The van der Waals surface area contributed by atoms with E-state index >= 15 is 0 Å². The molecular weight excluding hydrogens is 406 g/mol. The molecule has 0 saturated carbocycles. The second-order valence-electron chi connectivity index (χ2n) is 5.99. The van der Waals surface area contributed by atoms with Crippen LogP contribution in [0.3, 0.4) is 0 Å². The molecule has 12 heteroatoms. The summed E-state index contributed by atoms with van der Waals surface area (Å²) in [7, 11) is 0. The van der Waals surface area contributed by atoms with Gasteiger partial charge in [-0.05, 0) is 5.92 Å². The lowest BCUT2D eigenvalue weighted by molar-refractivity contribution is -0.286. The van der Waals surface area contributed by atoms with E-state index < -0.39 is 24.2 Å². The van der Waals surface area contributed by atoms with Crippen molar-refractivity contribution in [2.75, 3.05) is 11.9 Å². The molecular formula is C15H17ClF2N4O4S. The van der Waals surface area contributed by atoms with E-state index in [0.29, 0.717) is 10.2 Å². The van der Waals surface area contributed by atoms with Crippen molar-refractivity contribution >= 4 is 50.9 Å². The number of fused-ring (bicyclic) bond motifs is 2. The van der Waals surface area contributed by atoms with Gasteiger partial charge in [0.05, 0.1) is 22.8 Å². The zero-order chi connectivity index (χ0) is 19.1. The Morgan fingerprint density at radius 2 is 1.93 bits per heavy atom. The predicted molar refractivity (Wildman–Crippen MR) is 97.5 cm³/mol. The molecule has 0 unspecified atom stereocenters. The SMILES string of the molecule is CC(C)[C@H](N)C(=O)NCC(=O)Nc1nc2cc3c(cc2s1)OC(F)(F)O3.Cl. The van der Waals surface area contributed by atoms with Crippen molar-refractivity contribution in [2.45, 2.75) is 26.2 Å². The Morgan fingerprint density at radius 1 is 1.30 bits per heavy atom. The first kappa shape index (κ1) is 21.1. The van der Waals surface area contributed by atoms with E-state index in [1.54, 1.807) is 13.8 Å². The molecule has 2 aromatic rings. The molecule has 1 aliphatic rings. The minimum atomic E-state index is -3.70. The molecule has 4 N–H and O–H groups in total. The number of hydrogen-bond acceptors (Lipinski definition) is 7. The van der Waals surface area contributed by atoms with Crippen molar-refractivity contribution in [2.24, 2.45) is 11.7 Å². The van der Waals surface area contributed by atoms with Gasteiger partial charge in [0.2, 0.25) is 11.8 Å². The number of amides is 2. The maximum atomic E-state index is 13.0. The van der Waals surface area contributed by atoms with Gasteiger partial charge in [-0.2, -0.15) is 0 Å². The van der Waals surface area contributed by atoms with Crippen molar-refractivity contribution in [1.29, 1.82) is 0 Å². The largest absolute Gasteiger partial charge is 0.586 e. The minimum absolute atomic E-state index is 0. The first-order chi connectivity index (χ1) is 12.1. The van der Waals surface area contributed by atoms with Gasteiger partial charge in [-0.25, -0.2) is 4.98 Å². The molecule has 0 radical (unpaired) electrons. The summed E-state index contributed by atoms with van der Waals surface area (Å²) < 4.78 is 35.4. The molecule has 0 spiro atoms. The molecule has 2 amide bonds. The van der Waals surface area contributed by atoms with Gasteiger partial charge in [-0.15, -0.1) is 21.2 Å². The van der Waals surface area contributed by atoms with Crippen LogP contribution in [-0.4, -0.2) is 35.7 Å². The summed E-state index contributed by atoms with van der Waals surface area (Å²) in [5.41, 5.74) is 6.06. The summed E-state index contributed by atoms with van der Waals surface area (Å²) in [4.78, 5) is 27.8. The standard InChI is InChI=1S/C15H16F2N4O4S.ClH/c1-6(2)12(18)13(23)19-5-11(22)21-14-20-7-3-8-9(4-10(7)26-14)25-15(16,17)24-8;/h3-4,6,12H,5,18H2,1-2H3,(H,19,23)(H,20,21,22);1H/t12-;/m0./s1. The molecule has 1 aromatic carbocycles. The fourth-order valence-corrected chi connectivity index (χ4v) is 3.07. The Kier molecular flexibility index (Phi) is 6.07. The van der Waals surface area contributed by atoms with Gasteiger partial charge in [0.25, 0.3) is 0 Å². The van der Waals surface area contributed by atoms with Crippen molar-refractivity contribution in [3.63, 3.8) is 0 Å². The van der Waals surface area contributed by atoms with Crippen molar-refractivity contribution in [3.8, 4) is 11.5 Å². The number of hydrogen-bond donors (Lipinski definition) is 3. The maximum Gasteiger partial charge on any atom is 0.586 e. The van der Waals surface area contributed by atoms with Gasteiger partial charge in [-0.3, -0.25) is 9.59 Å². The highest BCUT2D eigenvalue weighted by atomic mass is 35.5. The molecule has 0 bridgehead atoms. The number of nitrogens with zero attached hydrogens (tertiary/aromatic N) is 1. The van der Waals surface area contributed by atoms with Crippen LogP contribution in [0.25, 0.3) is 10.2 Å². The number of halogens is 3. The monoisotopic (exact) mass is 422 g/mol. The number of carbonyl (C=O) groups excluding carboxylic acids is 2. The quantitative estimate of drug-likeness (QED) is 0.679. The van der Waals surface area contributed by atoms with Crippen LogP contribution in [0.4, 0.5) is 13.9 Å². The van der Waals surface area contributed by atoms with Crippen LogP contribution in [0.2, 0.25) is 0 Å². The van der Waals surface area contributed by atoms with E-state index in [1.807, 2.05) is 0 Å². The number of benzene rings is 1. The van der Waals surface area contributed by atoms with Crippen molar-refractivity contribution in [3.05, 3.63) is 12.1 Å². The average Bonchev–Trinajstić information content (AvgIpc) is 3.05. The minimum Gasteiger partial charge on any atom is -0.395 e. The summed E-state index contributed by atoms with van der Waals surface area (Å²) in [5, 5.41) is 5.22. The number of ether oxygens (including phenoxy) is 2. The highest BCUT2D eigenvalue weighted by Crippen LogP contribution is 2.44. The van der Waals surface area contributed by atoms with Gasteiger partial charge >= 0.3 is 6.29 Å². The van der Waals surface area contributed by atoms with Gasteiger partial charge in [0.1, 0.15) is 0 Å². The number of nitrogens with one attached hydrogen (secondary N) is 2. The van der Waals surface area contributed by atoms with Crippen LogP contribution in [0.1, 0.15) is 13.8 Å². The number of rotatable bonds is 5. The van der Waals surface area contributed by atoms with Gasteiger partial charge in [-0.1, -0.05) is 25.2 Å². The first-order valence-electron chi connectivity index (χ1n) is 7.68. The van der Waals surface area contributed by atoms with Gasteiger partial charge < -0.3 is 25.8 Å². The zero-order valence-corrected chi connectivity index (χ0v) is 15.9. The molecule has 0 saturated heterocycles. The molecule has 3 rings (SSSR count). The van der Waals surface area contributed by atoms with Gasteiger partial charge in [0, 0.05) is 12.1 Å².